The Hall–Kier alpha value is -2.16. The van der Waals surface area contributed by atoms with Gasteiger partial charge >= 0.3 is 12.1 Å². The molecule has 1 saturated carbocycles. The average Bonchev–Trinajstić information content (AvgIpc) is 3.12. The predicted octanol–water partition coefficient (Wildman–Crippen LogP) is 1.76. The molecule has 1 aliphatic heterocycles. The van der Waals surface area contributed by atoms with E-state index >= 15 is 0 Å². The third-order valence-corrected chi connectivity index (χ3v) is 4.57. The summed E-state index contributed by atoms with van der Waals surface area (Å²) >= 11 is 0. The summed E-state index contributed by atoms with van der Waals surface area (Å²) in [7, 11) is 1.30. The first-order chi connectivity index (χ1) is 12.9. The summed E-state index contributed by atoms with van der Waals surface area (Å²) in [6, 6.07) is 9.08. The standard InChI is InChI=1S/C19H25NO7/c1-19(2)26-16-13(9-14(17(16)27-19)24-11-15(21)23-3)20-18(22)25-10-12-7-5-4-6-8-12/h4-8,13-14,16-17H,9-11H2,1-3H3,(H,20,22). The molecule has 1 amide bonds. The van der Waals surface area contributed by atoms with Gasteiger partial charge in [-0.25, -0.2) is 9.59 Å². The number of carbonyl (C=O) groups is 2. The molecule has 8 heteroatoms. The monoisotopic (exact) mass is 379 g/mol. The Morgan fingerprint density at radius 3 is 2.59 bits per heavy atom. The first-order valence-electron chi connectivity index (χ1n) is 8.89. The van der Waals surface area contributed by atoms with Gasteiger partial charge in [0.2, 0.25) is 0 Å². The number of hydrogen-bond acceptors (Lipinski definition) is 7. The quantitative estimate of drug-likeness (QED) is 0.753. The van der Waals surface area contributed by atoms with Crippen LogP contribution in [0.3, 0.4) is 0 Å². The molecule has 0 radical (unpaired) electrons. The molecule has 3 rings (SSSR count). The molecule has 0 bridgehead atoms. The minimum Gasteiger partial charge on any atom is -0.467 e. The zero-order valence-electron chi connectivity index (χ0n) is 15.7. The predicted molar refractivity (Wildman–Crippen MR) is 93.7 cm³/mol. The van der Waals surface area contributed by atoms with Crippen molar-refractivity contribution < 1.29 is 33.3 Å². The normalized spacial score (nSPS) is 28.4. The highest BCUT2D eigenvalue weighted by molar-refractivity contribution is 5.70. The van der Waals surface area contributed by atoms with Gasteiger partial charge < -0.3 is 29.0 Å². The molecule has 1 aromatic rings. The van der Waals surface area contributed by atoms with Crippen molar-refractivity contribution in [1.29, 1.82) is 0 Å². The molecule has 1 aromatic carbocycles. The first-order valence-corrected chi connectivity index (χ1v) is 8.89. The van der Waals surface area contributed by atoms with E-state index in [9.17, 15) is 9.59 Å². The number of alkyl carbamates (subject to hydrolysis) is 1. The minimum atomic E-state index is -0.795. The third kappa shape index (κ3) is 4.97. The topological polar surface area (TPSA) is 92.3 Å². The Morgan fingerprint density at radius 2 is 1.89 bits per heavy atom. The SMILES string of the molecule is COC(=O)COC1CC(NC(=O)OCc2ccccc2)C2OC(C)(C)OC12. The highest BCUT2D eigenvalue weighted by atomic mass is 16.8. The van der Waals surface area contributed by atoms with Crippen molar-refractivity contribution in [3.05, 3.63) is 35.9 Å². The Morgan fingerprint density at radius 1 is 1.19 bits per heavy atom. The van der Waals surface area contributed by atoms with Crippen molar-refractivity contribution in [2.75, 3.05) is 13.7 Å². The van der Waals surface area contributed by atoms with Crippen molar-refractivity contribution in [3.8, 4) is 0 Å². The molecule has 148 valence electrons. The lowest BCUT2D eigenvalue weighted by atomic mass is 10.2. The van der Waals surface area contributed by atoms with E-state index in [4.69, 9.17) is 18.9 Å². The second-order valence-electron chi connectivity index (χ2n) is 7.04. The second kappa shape index (κ2) is 8.24. The molecule has 27 heavy (non-hydrogen) atoms. The van der Waals surface area contributed by atoms with Crippen LogP contribution < -0.4 is 5.32 Å². The van der Waals surface area contributed by atoms with Gasteiger partial charge in [-0.05, 0) is 25.8 Å². The molecule has 1 N–H and O–H groups in total. The molecule has 8 nitrogen and oxygen atoms in total. The molecular weight excluding hydrogens is 354 g/mol. The maximum atomic E-state index is 12.2. The molecule has 1 aliphatic carbocycles. The fourth-order valence-electron chi connectivity index (χ4n) is 3.39. The average molecular weight is 379 g/mol. The number of hydrogen-bond donors (Lipinski definition) is 1. The molecule has 0 spiro atoms. The number of amides is 1. The zero-order valence-corrected chi connectivity index (χ0v) is 15.7. The number of nitrogens with one attached hydrogen (secondary N) is 1. The van der Waals surface area contributed by atoms with Crippen molar-refractivity contribution in [1.82, 2.24) is 5.32 Å². The van der Waals surface area contributed by atoms with Crippen LogP contribution in [0.5, 0.6) is 0 Å². The van der Waals surface area contributed by atoms with E-state index < -0.39 is 24.0 Å². The summed E-state index contributed by atoms with van der Waals surface area (Å²) in [4.78, 5) is 23.6. The van der Waals surface area contributed by atoms with Crippen LogP contribution in [0.2, 0.25) is 0 Å². The number of esters is 1. The van der Waals surface area contributed by atoms with Gasteiger partial charge in [0.25, 0.3) is 0 Å². The van der Waals surface area contributed by atoms with E-state index in [1.165, 1.54) is 7.11 Å². The van der Waals surface area contributed by atoms with Crippen LogP contribution in [0.1, 0.15) is 25.8 Å². The van der Waals surface area contributed by atoms with E-state index in [1.54, 1.807) is 13.8 Å². The van der Waals surface area contributed by atoms with Crippen molar-refractivity contribution >= 4 is 12.1 Å². The van der Waals surface area contributed by atoms with Gasteiger partial charge in [-0.15, -0.1) is 0 Å². The van der Waals surface area contributed by atoms with Crippen molar-refractivity contribution in [2.24, 2.45) is 0 Å². The zero-order chi connectivity index (χ0) is 19.4. The molecular formula is C19H25NO7. The van der Waals surface area contributed by atoms with Gasteiger partial charge in [0.05, 0.1) is 19.3 Å². The second-order valence-corrected chi connectivity index (χ2v) is 7.04. The van der Waals surface area contributed by atoms with E-state index in [-0.39, 0.29) is 31.5 Å². The highest BCUT2D eigenvalue weighted by Gasteiger charge is 2.55. The summed E-state index contributed by atoms with van der Waals surface area (Å²) in [5, 5.41) is 2.83. The van der Waals surface area contributed by atoms with Crippen LogP contribution in [0.25, 0.3) is 0 Å². The maximum absolute atomic E-state index is 12.2. The highest BCUT2D eigenvalue weighted by Crippen LogP contribution is 2.39. The van der Waals surface area contributed by atoms with E-state index in [1.807, 2.05) is 30.3 Å². The summed E-state index contributed by atoms with van der Waals surface area (Å²) in [5.74, 6) is -1.26. The molecule has 4 unspecified atom stereocenters. The smallest absolute Gasteiger partial charge is 0.407 e. The van der Waals surface area contributed by atoms with Gasteiger partial charge in [-0.2, -0.15) is 0 Å². The number of fused-ring (bicyclic) bond motifs is 1. The lowest BCUT2D eigenvalue weighted by Crippen LogP contribution is -2.43. The van der Waals surface area contributed by atoms with E-state index in [0.29, 0.717) is 6.42 Å². The summed E-state index contributed by atoms with van der Waals surface area (Å²) < 4.78 is 27.3. The Kier molecular flexibility index (Phi) is 5.98. The summed E-state index contributed by atoms with van der Waals surface area (Å²) in [6.45, 7) is 3.60. The van der Waals surface area contributed by atoms with E-state index in [0.717, 1.165) is 5.56 Å². The fourth-order valence-corrected chi connectivity index (χ4v) is 3.39. The Balaban J connectivity index is 1.57. The number of ether oxygens (including phenoxy) is 5. The van der Waals surface area contributed by atoms with Crippen molar-refractivity contribution in [2.45, 2.75) is 57.0 Å². The van der Waals surface area contributed by atoms with Crippen LogP contribution in [-0.2, 0) is 35.1 Å². The van der Waals surface area contributed by atoms with Crippen molar-refractivity contribution in [3.63, 3.8) is 0 Å². The molecule has 2 fully saturated rings. The van der Waals surface area contributed by atoms with Crippen LogP contribution in [0, 0.1) is 0 Å². The Bertz CT molecular complexity index is 663. The summed E-state index contributed by atoms with van der Waals surface area (Å²) in [6.07, 6.45) is -1.25. The fraction of sp³-hybridized carbons (Fsp3) is 0.579. The van der Waals surface area contributed by atoms with Crippen LogP contribution >= 0.6 is 0 Å². The van der Waals surface area contributed by atoms with Crippen LogP contribution in [0.4, 0.5) is 4.79 Å². The number of rotatable bonds is 6. The number of benzene rings is 1. The lowest BCUT2D eigenvalue weighted by molar-refractivity contribution is -0.172. The molecule has 2 aliphatic rings. The van der Waals surface area contributed by atoms with Gasteiger partial charge in [0, 0.05) is 0 Å². The maximum Gasteiger partial charge on any atom is 0.407 e. The number of carbonyl (C=O) groups excluding carboxylic acids is 2. The molecule has 1 heterocycles. The van der Waals surface area contributed by atoms with Crippen LogP contribution in [0.15, 0.2) is 30.3 Å². The van der Waals surface area contributed by atoms with Gasteiger partial charge in [-0.1, -0.05) is 30.3 Å². The molecule has 1 saturated heterocycles. The minimum absolute atomic E-state index is 0.179. The largest absolute Gasteiger partial charge is 0.467 e. The Labute approximate surface area is 158 Å². The summed E-state index contributed by atoms with van der Waals surface area (Å²) in [5.41, 5.74) is 0.901. The number of methoxy groups -OCH3 is 1. The van der Waals surface area contributed by atoms with Gasteiger partial charge in [0.15, 0.2) is 5.79 Å². The third-order valence-electron chi connectivity index (χ3n) is 4.57. The molecule has 0 aromatic heterocycles. The first kappa shape index (κ1) is 19.6. The molecule has 4 atom stereocenters. The van der Waals surface area contributed by atoms with E-state index in [2.05, 4.69) is 10.1 Å². The van der Waals surface area contributed by atoms with Gasteiger partial charge in [-0.3, -0.25) is 0 Å². The van der Waals surface area contributed by atoms with Gasteiger partial charge in [0.1, 0.15) is 25.4 Å². The van der Waals surface area contributed by atoms with Crippen LogP contribution in [-0.4, -0.2) is 55.9 Å². The lowest BCUT2D eigenvalue weighted by Gasteiger charge is -2.23.